The fraction of sp³-hybridized carbons (Fsp3) is 0.692. The highest BCUT2D eigenvalue weighted by molar-refractivity contribution is 14.1. The van der Waals surface area contributed by atoms with Crippen LogP contribution in [0.3, 0.4) is 0 Å². The van der Waals surface area contributed by atoms with Gasteiger partial charge in [0.25, 0.3) is 0 Å². The lowest BCUT2D eigenvalue weighted by Gasteiger charge is -2.27. The standard InChI is InChI=1S/C13H20INO/c1-2-13(7-3-4-8-13)10-15-9-11-5-6-12(14)16-11/h5-6,15H,2-4,7-10H2,1H3. The van der Waals surface area contributed by atoms with E-state index in [9.17, 15) is 0 Å². The highest BCUT2D eigenvalue weighted by atomic mass is 127. The van der Waals surface area contributed by atoms with Crippen LogP contribution in [0.5, 0.6) is 0 Å². The average Bonchev–Trinajstić information content (AvgIpc) is 2.89. The molecule has 16 heavy (non-hydrogen) atoms. The lowest BCUT2D eigenvalue weighted by atomic mass is 9.83. The molecule has 0 spiro atoms. The summed E-state index contributed by atoms with van der Waals surface area (Å²) in [6.45, 7) is 4.33. The fourth-order valence-electron chi connectivity index (χ4n) is 2.68. The second-order valence-corrected chi connectivity index (χ2v) is 5.93. The summed E-state index contributed by atoms with van der Waals surface area (Å²) in [6.07, 6.45) is 6.91. The molecule has 0 bridgehead atoms. The Morgan fingerprint density at radius 2 is 2.12 bits per heavy atom. The number of nitrogens with one attached hydrogen (secondary N) is 1. The van der Waals surface area contributed by atoms with E-state index >= 15 is 0 Å². The van der Waals surface area contributed by atoms with Crippen LogP contribution in [0.4, 0.5) is 0 Å². The first-order chi connectivity index (χ1) is 7.74. The maximum Gasteiger partial charge on any atom is 0.164 e. The van der Waals surface area contributed by atoms with Gasteiger partial charge in [-0.25, -0.2) is 0 Å². The predicted molar refractivity (Wildman–Crippen MR) is 74.3 cm³/mol. The van der Waals surface area contributed by atoms with Gasteiger partial charge >= 0.3 is 0 Å². The van der Waals surface area contributed by atoms with Gasteiger partial charge in [-0.2, -0.15) is 0 Å². The molecule has 1 N–H and O–H groups in total. The summed E-state index contributed by atoms with van der Waals surface area (Å²) in [4.78, 5) is 0. The summed E-state index contributed by atoms with van der Waals surface area (Å²) in [7, 11) is 0. The highest BCUT2D eigenvalue weighted by Crippen LogP contribution is 2.40. The van der Waals surface area contributed by atoms with Gasteiger partial charge in [-0.3, -0.25) is 0 Å². The zero-order valence-corrected chi connectivity index (χ0v) is 12.0. The molecule has 0 atom stereocenters. The number of hydrogen-bond donors (Lipinski definition) is 1. The van der Waals surface area contributed by atoms with Gasteiger partial charge in [-0.1, -0.05) is 19.8 Å². The van der Waals surface area contributed by atoms with Crippen LogP contribution < -0.4 is 5.32 Å². The molecule has 0 radical (unpaired) electrons. The van der Waals surface area contributed by atoms with Crippen LogP contribution in [0.2, 0.25) is 0 Å². The Kier molecular flexibility index (Phi) is 4.30. The van der Waals surface area contributed by atoms with Crippen molar-refractivity contribution in [2.75, 3.05) is 6.54 Å². The molecule has 0 aromatic carbocycles. The molecule has 1 aromatic heterocycles. The molecule has 2 nitrogen and oxygen atoms in total. The molecule has 0 saturated heterocycles. The van der Waals surface area contributed by atoms with Crippen LogP contribution in [0.15, 0.2) is 16.5 Å². The molecule has 0 amide bonds. The maximum atomic E-state index is 5.54. The van der Waals surface area contributed by atoms with E-state index in [2.05, 4.69) is 40.9 Å². The molecule has 1 aliphatic carbocycles. The van der Waals surface area contributed by atoms with Gasteiger partial charge in [0.15, 0.2) is 3.77 Å². The third kappa shape index (κ3) is 3.00. The summed E-state index contributed by atoms with van der Waals surface area (Å²) in [5.74, 6) is 1.05. The molecule has 1 heterocycles. The monoisotopic (exact) mass is 333 g/mol. The molecule has 3 heteroatoms. The third-order valence-electron chi connectivity index (χ3n) is 3.84. The quantitative estimate of drug-likeness (QED) is 0.826. The van der Waals surface area contributed by atoms with E-state index in [-0.39, 0.29) is 0 Å². The van der Waals surface area contributed by atoms with Crippen LogP contribution >= 0.6 is 22.6 Å². The van der Waals surface area contributed by atoms with Crippen molar-refractivity contribution >= 4 is 22.6 Å². The SMILES string of the molecule is CCC1(CNCc2ccc(I)o2)CCCC1. The van der Waals surface area contributed by atoms with E-state index in [1.54, 1.807) is 0 Å². The van der Waals surface area contributed by atoms with E-state index in [1.807, 2.05) is 6.07 Å². The molecule has 1 aliphatic rings. The molecule has 0 aliphatic heterocycles. The molecule has 2 rings (SSSR count). The first kappa shape index (κ1) is 12.4. The second kappa shape index (κ2) is 5.54. The summed E-state index contributed by atoms with van der Waals surface area (Å²) in [5, 5.41) is 3.55. The largest absolute Gasteiger partial charge is 0.454 e. The van der Waals surface area contributed by atoms with Crippen molar-refractivity contribution < 1.29 is 4.42 Å². The van der Waals surface area contributed by atoms with Crippen molar-refractivity contribution in [1.29, 1.82) is 0 Å². The van der Waals surface area contributed by atoms with Crippen LogP contribution in [0.25, 0.3) is 0 Å². The van der Waals surface area contributed by atoms with Gasteiger partial charge in [0, 0.05) is 6.54 Å². The molecule has 90 valence electrons. The van der Waals surface area contributed by atoms with Crippen molar-refractivity contribution in [2.24, 2.45) is 5.41 Å². The molecular weight excluding hydrogens is 313 g/mol. The minimum absolute atomic E-state index is 0.569. The minimum atomic E-state index is 0.569. The third-order valence-corrected chi connectivity index (χ3v) is 4.42. The summed E-state index contributed by atoms with van der Waals surface area (Å²) >= 11 is 2.21. The van der Waals surface area contributed by atoms with Crippen molar-refractivity contribution in [3.05, 3.63) is 21.7 Å². The fourth-order valence-corrected chi connectivity index (χ4v) is 3.14. The molecule has 1 fully saturated rings. The second-order valence-electron chi connectivity index (χ2n) is 4.87. The van der Waals surface area contributed by atoms with Gasteiger partial charge in [0.05, 0.1) is 6.54 Å². The van der Waals surface area contributed by atoms with Gasteiger partial charge in [-0.15, -0.1) is 0 Å². The average molecular weight is 333 g/mol. The number of furan rings is 1. The Morgan fingerprint density at radius 1 is 1.38 bits per heavy atom. The van der Waals surface area contributed by atoms with E-state index in [4.69, 9.17) is 4.42 Å². The van der Waals surface area contributed by atoms with Crippen LogP contribution in [0, 0.1) is 9.18 Å². The van der Waals surface area contributed by atoms with E-state index < -0.39 is 0 Å². The Morgan fingerprint density at radius 3 is 2.69 bits per heavy atom. The molecule has 1 saturated carbocycles. The summed E-state index contributed by atoms with van der Waals surface area (Å²) in [6, 6.07) is 4.07. The summed E-state index contributed by atoms with van der Waals surface area (Å²) < 4.78 is 6.51. The zero-order chi connectivity index (χ0) is 11.4. The number of halogens is 1. The molecular formula is C13H20INO. The zero-order valence-electron chi connectivity index (χ0n) is 9.89. The lowest BCUT2D eigenvalue weighted by molar-refractivity contribution is 0.264. The van der Waals surface area contributed by atoms with Crippen molar-refractivity contribution in [3.8, 4) is 0 Å². The van der Waals surface area contributed by atoms with Crippen LogP contribution in [-0.2, 0) is 6.54 Å². The predicted octanol–water partition coefficient (Wildman–Crippen LogP) is 3.94. The van der Waals surface area contributed by atoms with Crippen LogP contribution in [0.1, 0.15) is 44.8 Å². The topological polar surface area (TPSA) is 25.2 Å². The lowest BCUT2D eigenvalue weighted by Crippen LogP contribution is -2.31. The number of rotatable bonds is 5. The smallest absolute Gasteiger partial charge is 0.164 e. The van der Waals surface area contributed by atoms with Gasteiger partial charge in [0.1, 0.15) is 5.76 Å². The molecule has 0 unspecified atom stereocenters. The first-order valence-corrected chi connectivity index (χ1v) is 7.27. The van der Waals surface area contributed by atoms with Gasteiger partial charge in [-0.05, 0) is 59.4 Å². The van der Waals surface area contributed by atoms with Gasteiger partial charge < -0.3 is 9.73 Å². The van der Waals surface area contributed by atoms with E-state index in [1.165, 1.54) is 32.1 Å². The highest BCUT2D eigenvalue weighted by Gasteiger charge is 2.31. The van der Waals surface area contributed by atoms with E-state index in [0.29, 0.717) is 5.41 Å². The van der Waals surface area contributed by atoms with Gasteiger partial charge in [0.2, 0.25) is 0 Å². The van der Waals surface area contributed by atoms with Crippen molar-refractivity contribution in [2.45, 2.75) is 45.6 Å². The Hall–Kier alpha value is -0.0300. The van der Waals surface area contributed by atoms with Crippen molar-refractivity contribution in [3.63, 3.8) is 0 Å². The first-order valence-electron chi connectivity index (χ1n) is 6.19. The maximum absolute atomic E-state index is 5.54. The Bertz CT molecular complexity index is 328. The summed E-state index contributed by atoms with van der Waals surface area (Å²) in [5.41, 5.74) is 0.569. The number of hydrogen-bond acceptors (Lipinski definition) is 2. The Labute approximate surface area is 111 Å². The van der Waals surface area contributed by atoms with Crippen LogP contribution in [-0.4, -0.2) is 6.54 Å². The van der Waals surface area contributed by atoms with Crippen molar-refractivity contribution in [1.82, 2.24) is 5.32 Å². The van der Waals surface area contributed by atoms with E-state index in [0.717, 1.165) is 22.6 Å². The molecule has 1 aromatic rings. The normalized spacial score (nSPS) is 19.1. The minimum Gasteiger partial charge on any atom is -0.454 e. The Balaban J connectivity index is 1.78.